The van der Waals surface area contributed by atoms with Crippen LogP contribution in [0.25, 0.3) is 6.08 Å². The molecule has 2 rings (SSSR count). The Bertz CT molecular complexity index is 431. The first-order valence-corrected chi connectivity index (χ1v) is 7.90. The Balaban J connectivity index is 1.82. The predicted octanol–water partition coefficient (Wildman–Crippen LogP) is 4.35. The van der Waals surface area contributed by atoms with Crippen LogP contribution in [0.2, 0.25) is 0 Å². The Morgan fingerprint density at radius 2 is 1.89 bits per heavy atom. The number of aliphatic carboxylic acids is 1. The second kappa shape index (κ2) is 7.39. The number of rotatable bonds is 5. The number of hydrogen-bond acceptors (Lipinski definition) is 2. The summed E-state index contributed by atoms with van der Waals surface area (Å²) in [6.45, 7) is 0. The Labute approximate surface area is 118 Å². The molecule has 1 aliphatic carbocycles. The molecule has 0 spiro atoms. The van der Waals surface area contributed by atoms with Gasteiger partial charge >= 0.3 is 5.97 Å². The molecule has 0 aliphatic heterocycles. The van der Waals surface area contributed by atoms with Crippen LogP contribution in [-0.4, -0.2) is 16.3 Å². The highest BCUT2D eigenvalue weighted by Crippen LogP contribution is 2.30. The average molecular weight is 276 g/mol. The molecule has 0 saturated heterocycles. The third-order valence-electron chi connectivity index (χ3n) is 3.44. The third kappa shape index (κ3) is 5.11. The summed E-state index contributed by atoms with van der Waals surface area (Å²) >= 11 is 2.06. The first kappa shape index (κ1) is 14.2. The van der Waals surface area contributed by atoms with Gasteiger partial charge in [0.2, 0.25) is 0 Å². The molecule has 0 radical (unpaired) electrons. The Kier molecular flexibility index (Phi) is 5.52. The van der Waals surface area contributed by atoms with Crippen molar-refractivity contribution in [2.45, 2.75) is 43.1 Å². The van der Waals surface area contributed by atoms with Crippen LogP contribution in [0, 0.1) is 0 Å². The van der Waals surface area contributed by atoms with Crippen LogP contribution in [-0.2, 0) is 10.5 Å². The van der Waals surface area contributed by atoms with E-state index in [4.69, 9.17) is 5.11 Å². The summed E-state index contributed by atoms with van der Waals surface area (Å²) in [5.41, 5.74) is 2.26. The number of benzene rings is 1. The van der Waals surface area contributed by atoms with Crippen LogP contribution >= 0.6 is 11.8 Å². The molecule has 19 heavy (non-hydrogen) atoms. The van der Waals surface area contributed by atoms with Gasteiger partial charge in [-0.05, 0) is 30.0 Å². The molecular formula is C16H20O2S. The quantitative estimate of drug-likeness (QED) is 0.812. The molecule has 1 fully saturated rings. The zero-order valence-corrected chi connectivity index (χ0v) is 11.9. The molecule has 1 N–H and O–H groups in total. The van der Waals surface area contributed by atoms with Crippen LogP contribution in [0.5, 0.6) is 0 Å². The second-order valence-electron chi connectivity index (χ2n) is 4.98. The van der Waals surface area contributed by atoms with Gasteiger partial charge in [0.15, 0.2) is 0 Å². The van der Waals surface area contributed by atoms with Gasteiger partial charge in [0, 0.05) is 17.1 Å². The molecule has 0 aromatic heterocycles. The lowest BCUT2D eigenvalue weighted by Gasteiger charge is -2.20. The van der Waals surface area contributed by atoms with Crippen molar-refractivity contribution in [1.29, 1.82) is 0 Å². The van der Waals surface area contributed by atoms with E-state index in [9.17, 15) is 4.79 Å². The minimum Gasteiger partial charge on any atom is -0.478 e. The predicted molar refractivity (Wildman–Crippen MR) is 81.3 cm³/mol. The molecule has 2 nitrogen and oxygen atoms in total. The summed E-state index contributed by atoms with van der Waals surface area (Å²) in [6, 6.07) is 8.15. The van der Waals surface area contributed by atoms with E-state index in [1.807, 2.05) is 12.1 Å². The molecule has 0 atom stereocenters. The van der Waals surface area contributed by atoms with Crippen LogP contribution in [0.15, 0.2) is 30.3 Å². The van der Waals surface area contributed by atoms with Crippen molar-refractivity contribution in [2.24, 2.45) is 0 Å². The monoisotopic (exact) mass is 276 g/mol. The molecule has 3 heteroatoms. The smallest absolute Gasteiger partial charge is 0.328 e. The molecule has 1 aromatic rings. The summed E-state index contributed by atoms with van der Waals surface area (Å²) in [4.78, 5) is 10.4. The lowest BCUT2D eigenvalue weighted by Crippen LogP contribution is -2.08. The van der Waals surface area contributed by atoms with Crippen molar-refractivity contribution in [2.75, 3.05) is 0 Å². The van der Waals surface area contributed by atoms with Crippen molar-refractivity contribution in [3.63, 3.8) is 0 Å². The molecule has 1 aliphatic rings. The molecule has 1 aromatic carbocycles. The number of carboxylic acid groups (broad SMARTS) is 1. The average Bonchev–Trinajstić information content (AvgIpc) is 2.45. The lowest BCUT2D eigenvalue weighted by atomic mass is 10.0. The first-order chi connectivity index (χ1) is 9.24. The number of thioether (sulfide) groups is 1. The third-order valence-corrected chi connectivity index (χ3v) is 4.88. The van der Waals surface area contributed by atoms with Gasteiger partial charge in [0.1, 0.15) is 0 Å². The first-order valence-electron chi connectivity index (χ1n) is 6.85. The van der Waals surface area contributed by atoms with Crippen LogP contribution in [0.1, 0.15) is 43.2 Å². The van der Waals surface area contributed by atoms with Gasteiger partial charge in [-0.2, -0.15) is 11.8 Å². The van der Waals surface area contributed by atoms with E-state index in [0.717, 1.165) is 16.6 Å². The Morgan fingerprint density at radius 3 is 2.53 bits per heavy atom. The summed E-state index contributed by atoms with van der Waals surface area (Å²) in [7, 11) is 0. The maximum Gasteiger partial charge on any atom is 0.328 e. The van der Waals surface area contributed by atoms with Gasteiger partial charge in [-0.25, -0.2) is 4.79 Å². The SMILES string of the molecule is O=C(O)/C=C/c1ccc(CSC2CCCCC2)cc1. The van der Waals surface area contributed by atoms with E-state index in [0.29, 0.717) is 0 Å². The van der Waals surface area contributed by atoms with E-state index < -0.39 is 5.97 Å². The summed E-state index contributed by atoms with van der Waals surface area (Å²) in [5, 5.41) is 9.40. The number of hydrogen-bond donors (Lipinski definition) is 1. The molecular weight excluding hydrogens is 256 g/mol. The fourth-order valence-corrected chi connectivity index (χ4v) is 3.63. The summed E-state index contributed by atoms with van der Waals surface area (Å²) < 4.78 is 0. The van der Waals surface area contributed by atoms with Crippen LogP contribution in [0.4, 0.5) is 0 Å². The van der Waals surface area contributed by atoms with Gasteiger partial charge in [0.05, 0.1) is 0 Å². The highest BCUT2D eigenvalue weighted by molar-refractivity contribution is 7.99. The van der Waals surface area contributed by atoms with Crippen LogP contribution in [0.3, 0.4) is 0 Å². The van der Waals surface area contributed by atoms with Gasteiger partial charge in [-0.1, -0.05) is 43.5 Å². The van der Waals surface area contributed by atoms with Crippen molar-refractivity contribution < 1.29 is 9.90 Å². The van der Waals surface area contributed by atoms with Gasteiger partial charge in [0.25, 0.3) is 0 Å². The summed E-state index contributed by atoms with van der Waals surface area (Å²) in [6.07, 6.45) is 9.70. The minimum atomic E-state index is -0.906. The molecule has 0 bridgehead atoms. The zero-order chi connectivity index (χ0) is 13.5. The Hall–Kier alpha value is -1.22. The van der Waals surface area contributed by atoms with E-state index in [2.05, 4.69) is 23.9 Å². The number of carbonyl (C=O) groups is 1. The van der Waals surface area contributed by atoms with Crippen molar-refractivity contribution >= 4 is 23.8 Å². The molecule has 102 valence electrons. The maximum atomic E-state index is 10.4. The normalized spacial score (nSPS) is 16.8. The minimum absolute atomic E-state index is 0.834. The maximum absolute atomic E-state index is 10.4. The largest absolute Gasteiger partial charge is 0.478 e. The van der Waals surface area contributed by atoms with Crippen molar-refractivity contribution in [3.05, 3.63) is 41.5 Å². The zero-order valence-electron chi connectivity index (χ0n) is 11.0. The van der Waals surface area contributed by atoms with Gasteiger partial charge < -0.3 is 5.11 Å². The van der Waals surface area contributed by atoms with E-state index in [-0.39, 0.29) is 0 Å². The van der Waals surface area contributed by atoms with Gasteiger partial charge in [-0.3, -0.25) is 0 Å². The Morgan fingerprint density at radius 1 is 1.21 bits per heavy atom. The molecule has 0 heterocycles. The number of carboxylic acids is 1. The van der Waals surface area contributed by atoms with Crippen molar-refractivity contribution in [3.8, 4) is 0 Å². The fraction of sp³-hybridized carbons (Fsp3) is 0.438. The van der Waals surface area contributed by atoms with Gasteiger partial charge in [-0.15, -0.1) is 0 Å². The summed E-state index contributed by atoms with van der Waals surface area (Å²) in [5.74, 6) is 0.157. The van der Waals surface area contributed by atoms with Crippen molar-refractivity contribution in [1.82, 2.24) is 0 Å². The highest BCUT2D eigenvalue weighted by Gasteiger charge is 2.13. The fourth-order valence-electron chi connectivity index (χ4n) is 2.34. The van der Waals surface area contributed by atoms with E-state index >= 15 is 0 Å². The topological polar surface area (TPSA) is 37.3 Å². The highest BCUT2D eigenvalue weighted by atomic mass is 32.2. The van der Waals surface area contributed by atoms with E-state index in [1.54, 1.807) is 6.08 Å². The van der Waals surface area contributed by atoms with Crippen LogP contribution < -0.4 is 0 Å². The lowest BCUT2D eigenvalue weighted by molar-refractivity contribution is -0.131. The molecule has 1 saturated carbocycles. The standard InChI is InChI=1S/C16H20O2S/c17-16(18)11-10-13-6-8-14(9-7-13)12-19-15-4-2-1-3-5-15/h6-11,15H,1-5,12H2,(H,17,18)/b11-10+. The second-order valence-corrected chi connectivity index (χ2v) is 6.27. The van der Waals surface area contributed by atoms with E-state index in [1.165, 1.54) is 43.7 Å². The molecule has 0 unspecified atom stereocenters. The molecule has 0 amide bonds.